The van der Waals surface area contributed by atoms with Crippen LogP contribution in [0, 0.1) is 5.82 Å². The third-order valence-electron chi connectivity index (χ3n) is 3.90. The number of halogens is 1. The molecule has 4 rings (SSSR count). The summed E-state index contributed by atoms with van der Waals surface area (Å²) in [6.07, 6.45) is 1.58. The topological polar surface area (TPSA) is 34.9 Å². The predicted octanol–water partition coefficient (Wildman–Crippen LogP) is 4.31. The molecule has 2 aromatic carbocycles. The summed E-state index contributed by atoms with van der Waals surface area (Å²) in [5, 5.41) is 1.90. The molecule has 0 bridgehead atoms. The lowest BCUT2D eigenvalue weighted by atomic mass is 10.1. The van der Waals surface area contributed by atoms with Crippen LogP contribution in [0.2, 0.25) is 0 Å². The molecule has 0 aliphatic carbocycles. The normalized spacial score (nSPS) is 11.0. The number of thiophene rings is 1. The summed E-state index contributed by atoms with van der Waals surface area (Å²) in [6.45, 7) is 0.492. The first-order valence-corrected chi connectivity index (χ1v) is 8.37. The lowest BCUT2D eigenvalue weighted by Gasteiger charge is -2.06. The fourth-order valence-electron chi connectivity index (χ4n) is 2.67. The van der Waals surface area contributed by atoms with E-state index in [1.807, 2.05) is 35.7 Å². The first-order chi connectivity index (χ1) is 11.7. The summed E-state index contributed by atoms with van der Waals surface area (Å²) >= 11 is 1.37. The van der Waals surface area contributed by atoms with Crippen LogP contribution < -0.4 is 5.56 Å². The van der Waals surface area contributed by atoms with Crippen molar-refractivity contribution < 1.29 is 4.39 Å². The van der Waals surface area contributed by atoms with Crippen molar-refractivity contribution in [2.75, 3.05) is 0 Å². The summed E-state index contributed by atoms with van der Waals surface area (Å²) < 4.78 is 15.3. The van der Waals surface area contributed by atoms with Crippen LogP contribution in [0.4, 0.5) is 4.39 Å². The van der Waals surface area contributed by atoms with E-state index in [0.717, 1.165) is 16.7 Å². The van der Waals surface area contributed by atoms with Gasteiger partial charge in [-0.3, -0.25) is 9.36 Å². The molecule has 5 heteroatoms. The molecule has 0 N–H and O–H groups in total. The zero-order chi connectivity index (χ0) is 16.5. The van der Waals surface area contributed by atoms with Gasteiger partial charge in [0.25, 0.3) is 5.56 Å². The predicted molar refractivity (Wildman–Crippen MR) is 94.8 cm³/mol. The third kappa shape index (κ3) is 2.63. The van der Waals surface area contributed by atoms with Gasteiger partial charge in [0.15, 0.2) is 0 Å². The molecule has 2 heterocycles. The van der Waals surface area contributed by atoms with Crippen molar-refractivity contribution in [1.29, 1.82) is 0 Å². The molecule has 2 aromatic heterocycles. The lowest BCUT2D eigenvalue weighted by molar-refractivity contribution is 0.628. The Balaban J connectivity index is 1.78. The van der Waals surface area contributed by atoms with Gasteiger partial charge in [-0.2, -0.15) is 0 Å². The zero-order valence-corrected chi connectivity index (χ0v) is 13.5. The van der Waals surface area contributed by atoms with Crippen LogP contribution in [0.1, 0.15) is 5.56 Å². The Morgan fingerprint density at radius 1 is 1.04 bits per heavy atom. The smallest absolute Gasteiger partial charge is 0.271 e. The molecular formula is C19H13FN2OS. The minimum atomic E-state index is -0.281. The molecule has 0 unspecified atom stereocenters. The van der Waals surface area contributed by atoms with Gasteiger partial charge in [-0.25, -0.2) is 9.37 Å². The van der Waals surface area contributed by atoms with Gasteiger partial charge in [0, 0.05) is 10.9 Å². The highest BCUT2D eigenvalue weighted by Gasteiger charge is 2.12. The second-order valence-electron chi connectivity index (χ2n) is 5.50. The van der Waals surface area contributed by atoms with E-state index >= 15 is 0 Å². The number of fused-ring (bicyclic) bond motifs is 1. The van der Waals surface area contributed by atoms with E-state index in [2.05, 4.69) is 4.98 Å². The molecule has 0 saturated carbocycles. The molecule has 0 spiro atoms. The average Bonchev–Trinajstić information content (AvgIpc) is 3.04. The highest BCUT2D eigenvalue weighted by atomic mass is 32.1. The Kier molecular flexibility index (Phi) is 3.70. The minimum Gasteiger partial charge on any atom is -0.294 e. The Hall–Kier alpha value is -2.79. The van der Waals surface area contributed by atoms with Gasteiger partial charge in [0.05, 0.1) is 18.4 Å². The second-order valence-corrected chi connectivity index (χ2v) is 6.38. The van der Waals surface area contributed by atoms with Gasteiger partial charge in [0.1, 0.15) is 10.5 Å². The zero-order valence-electron chi connectivity index (χ0n) is 12.6. The van der Waals surface area contributed by atoms with Crippen LogP contribution in [0.3, 0.4) is 0 Å². The summed E-state index contributed by atoms with van der Waals surface area (Å²) in [4.78, 5) is 17.2. The SMILES string of the molecule is O=c1c2scc(-c3ccc(F)cc3)c2ncn1Cc1ccccc1. The summed E-state index contributed by atoms with van der Waals surface area (Å²) in [5.41, 5.74) is 3.38. The van der Waals surface area contributed by atoms with E-state index in [1.165, 1.54) is 23.5 Å². The maximum atomic E-state index is 13.1. The number of aromatic nitrogens is 2. The van der Waals surface area contributed by atoms with Gasteiger partial charge in [-0.05, 0) is 23.3 Å². The average molecular weight is 336 g/mol. The Bertz CT molecular complexity index is 1050. The third-order valence-corrected chi connectivity index (χ3v) is 4.85. The number of benzene rings is 2. The number of hydrogen-bond acceptors (Lipinski definition) is 3. The van der Waals surface area contributed by atoms with Crippen molar-refractivity contribution in [3.8, 4) is 11.1 Å². The van der Waals surface area contributed by atoms with E-state index in [4.69, 9.17) is 0 Å². The van der Waals surface area contributed by atoms with Crippen LogP contribution in [-0.2, 0) is 6.54 Å². The van der Waals surface area contributed by atoms with Crippen LogP contribution in [0.25, 0.3) is 21.3 Å². The highest BCUT2D eigenvalue weighted by Crippen LogP contribution is 2.30. The van der Waals surface area contributed by atoms with Gasteiger partial charge in [-0.1, -0.05) is 42.5 Å². The Morgan fingerprint density at radius 2 is 1.79 bits per heavy atom. The van der Waals surface area contributed by atoms with Crippen LogP contribution in [0.15, 0.2) is 71.1 Å². The van der Waals surface area contributed by atoms with Crippen LogP contribution >= 0.6 is 11.3 Å². The van der Waals surface area contributed by atoms with Crippen molar-refractivity contribution in [3.05, 3.63) is 88.0 Å². The van der Waals surface area contributed by atoms with E-state index in [1.54, 1.807) is 23.0 Å². The Morgan fingerprint density at radius 3 is 2.54 bits per heavy atom. The van der Waals surface area contributed by atoms with E-state index in [0.29, 0.717) is 16.8 Å². The molecule has 4 aromatic rings. The molecule has 118 valence electrons. The number of nitrogens with zero attached hydrogens (tertiary/aromatic N) is 2. The lowest BCUT2D eigenvalue weighted by Crippen LogP contribution is -2.20. The molecular weight excluding hydrogens is 323 g/mol. The van der Waals surface area contributed by atoms with Gasteiger partial charge < -0.3 is 0 Å². The summed E-state index contributed by atoms with van der Waals surface area (Å²) in [6, 6.07) is 16.0. The fourth-order valence-corrected chi connectivity index (χ4v) is 3.64. The standard InChI is InChI=1S/C19H13FN2OS/c20-15-8-6-14(7-9-15)16-11-24-18-17(16)21-12-22(19(18)23)10-13-4-2-1-3-5-13/h1-9,11-12H,10H2. The first kappa shape index (κ1) is 14.8. The quantitative estimate of drug-likeness (QED) is 0.559. The number of rotatable bonds is 3. The molecule has 24 heavy (non-hydrogen) atoms. The molecule has 0 aliphatic rings. The van der Waals surface area contributed by atoms with Crippen LogP contribution in [0.5, 0.6) is 0 Å². The van der Waals surface area contributed by atoms with E-state index in [-0.39, 0.29) is 11.4 Å². The summed E-state index contributed by atoms with van der Waals surface area (Å²) in [5.74, 6) is -0.281. The van der Waals surface area contributed by atoms with Crippen molar-refractivity contribution in [2.45, 2.75) is 6.54 Å². The van der Waals surface area contributed by atoms with Crippen molar-refractivity contribution in [1.82, 2.24) is 9.55 Å². The molecule has 0 amide bonds. The van der Waals surface area contributed by atoms with Crippen molar-refractivity contribution in [3.63, 3.8) is 0 Å². The summed E-state index contributed by atoms with van der Waals surface area (Å²) in [7, 11) is 0. The Labute approximate surface area is 141 Å². The monoisotopic (exact) mass is 336 g/mol. The molecule has 3 nitrogen and oxygen atoms in total. The molecule has 0 atom stereocenters. The molecule has 0 fully saturated rings. The largest absolute Gasteiger partial charge is 0.294 e. The van der Waals surface area contributed by atoms with Crippen molar-refractivity contribution >= 4 is 21.6 Å². The minimum absolute atomic E-state index is 0.0535. The van der Waals surface area contributed by atoms with Gasteiger partial charge in [-0.15, -0.1) is 11.3 Å². The van der Waals surface area contributed by atoms with E-state index in [9.17, 15) is 9.18 Å². The first-order valence-electron chi connectivity index (χ1n) is 7.49. The fraction of sp³-hybridized carbons (Fsp3) is 0.0526. The molecule has 0 saturated heterocycles. The van der Waals surface area contributed by atoms with Crippen molar-refractivity contribution in [2.24, 2.45) is 0 Å². The maximum absolute atomic E-state index is 13.1. The molecule has 0 aliphatic heterocycles. The maximum Gasteiger partial charge on any atom is 0.271 e. The van der Waals surface area contributed by atoms with Gasteiger partial charge in [0.2, 0.25) is 0 Å². The van der Waals surface area contributed by atoms with E-state index < -0.39 is 0 Å². The number of hydrogen-bond donors (Lipinski definition) is 0. The second kappa shape index (κ2) is 6.02. The highest BCUT2D eigenvalue weighted by molar-refractivity contribution is 7.17. The van der Waals surface area contributed by atoms with Crippen LogP contribution in [-0.4, -0.2) is 9.55 Å². The van der Waals surface area contributed by atoms with Gasteiger partial charge >= 0.3 is 0 Å². The molecule has 0 radical (unpaired) electrons.